The van der Waals surface area contributed by atoms with Crippen LogP contribution in [0.15, 0.2) is 29.2 Å². The van der Waals surface area contributed by atoms with E-state index in [1.807, 2.05) is 0 Å². The Hall–Kier alpha value is -1.67. The van der Waals surface area contributed by atoms with Crippen LogP contribution in [0, 0.1) is 5.92 Å². The molecular formula is C13H19N4O12P3. The second kappa shape index (κ2) is 8.60. The van der Waals surface area contributed by atoms with E-state index in [-0.39, 0.29) is 23.4 Å². The van der Waals surface area contributed by atoms with Gasteiger partial charge >= 0.3 is 23.5 Å². The van der Waals surface area contributed by atoms with E-state index in [2.05, 4.69) is 29.7 Å². The minimum Gasteiger partial charge on any atom is -0.392 e. The second-order valence-electron chi connectivity index (χ2n) is 6.80. The van der Waals surface area contributed by atoms with Crippen LogP contribution in [0.25, 0.3) is 11.0 Å². The van der Waals surface area contributed by atoms with Crippen molar-refractivity contribution in [3.05, 3.63) is 34.8 Å². The molecule has 0 amide bonds. The van der Waals surface area contributed by atoms with E-state index in [9.17, 15) is 33.4 Å². The van der Waals surface area contributed by atoms with E-state index >= 15 is 0 Å². The number of phosphoric acid groups is 3. The summed E-state index contributed by atoms with van der Waals surface area (Å²) < 4.78 is 47.4. The molecule has 5 atom stereocenters. The molecule has 0 saturated heterocycles. The molecule has 0 radical (unpaired) electrons. The zero-order valence-corrected chi connectivity index (χ0v) is 18.6. The highest BCUT2D eigenvalue weighted by Crippen LogP contribution is 2.66. The summed E-state index contributed by atoms with van der Waals surface area (Å²) in [7, 11) is -16.5. The highest BCUT2D eigenvalue weighted by Gasteiger charge is 2.43. The lowest BCUT2D eigenvalue weighted by molar-refractivity contribution is 0.0933. The number of aliphatic hydroxyl groups excluding tert-OH is 1. The minimum atomic E-state index is -5.66. The van der Waals surface area contributed by atoms with Gasteiger partial charge in [-0.25, -0.2) is 13.7 Å². The Morgan fingerprint density at radius 2 is 1.88 bits per heavy atom. The quantitative estimate of drug-likeness (QED) is 0.182. The molecule has 2 aromatic heterocycles. The summed E-state index contributed by atoms with van der Waals surface area (Å²) >= 11 is 0. The number of nitrogen functional groups attached to an aromatic ring is 1. The third-order valence-corrected chi connectivity index (χ3v) is 8.40. The Labute approximate surface area is 178 Å². The first kappa shape index (κ1) is 25.0. The lowest BCUT2D eigenvalue weighted by Crippen LogP contribution is -2.19. The van der Waals surface area contributed by atoms with Crippen molar-refractivity contribution in [1.82, 2.24) is 14.5 Å². The molecule has 8 N–H and O–H groups in total. The van der Waals surface area contributed by atoms with Crippen LogP contribution in [0.4, 0.5) is 5.95 Å². The van der Waals surface area contributed by atoms with Crippen LogP contribution in [-0.4, -0.2) is 51.9 Å². The van der Waals surface area contributed by atoms with Crippen molar-refractivity contribution in [3.63, 3.8) is 0 Å². The number of hydrogen-bond donors (Lipinski definition) is 7. The molecule has 32 heavy (non-hydrogen) atoms. The summed E-state index contributed by atoms with van der Waals surface area (Å²) in [6.07, 6.45) is 0.442. The summed E-state index contributed by atoms with van der Waals surface area (Å²) in [6.45, 7) is 3.14. The Balaban J connectivity index is 1.74. The largest absolute Gasteiger partial charge is 0.490 e. The van der Waals surface area contributed by atoms with Crippen LogP contribution >= 0.6 is 23.5 Å². The number of aromatic nitrogens is 3. The number of rotatable bonds is 8. The monoisotopic (exact) mass is 516 g/mol. The third-order valence-electron chi connectivity index (χ3n) is 4.60. The van der Waals surface area contributed by atoms with Crippen LogP contribution in [0.3, 0.4) is 0 Å². The lowest BCUT2D eigenvalue weighted by atomic mass is 10.0. The standard InChI is InChI=1S/C13H19N4O12P3/c1-6-8(5-27-31(23,24)29-32(25,26)28-30(20,21)22)10(18)4-9(6)17-3-2-7-11(17)15-13(14)16-12(7)19/h2-3,8-10,18H,1,4-5H2,(H,23,24)(H,25,26)(H2,20,21,22)(H3,14,15,16,19)/t8-,9-,10-/m0/s1. The molecule has 1 fully saturated rings. The summed E-state index contributed by atoms with van der Waals surface area (Å²) in [6, 6.07) is 0.880. The van der Waals surface area contributed by atoms with Gasteiger partial charge in [0.15, 0.2) is 0 Å². The number of hydrogen-bond acceptors (Lipinski definition) is 10. The first-order chi connectivity index (χ1) is 14.6. The van der Waals surface area contributed by atoms with E-state index < -0.39 is 53.7 Å². The Bertz CT molecular complexity index is 1250. The molecule has 2 aromatic rings. The van der Waals surface area contributed by atoms with Gasteiger partial charge < -0.3 is 35.0 Å². The van der Waals surface area contributed by atoms with Gasteiger partial charge in [-0.2, -0.15) is 13.6 Å². The molecule has 1 aliphatic rings. The fraction of sp³-hybridized carbons (Fsp3) is 0.385. The van der Waals surface area contributed by atoms with Gasteiger partial charge in [0.1, 0.15) is 5.65 Å². The minimum absolute atomic E-state index is 0.0570. The molecule has 19 heteroatoms. The van der Waals surface area contributed by atoms with Crippen molar-refractivity contribution in [3.8, 4) is 0 Å². The van der Waals surface area contributed by atoms with Crippen LogP contribution < -0.4 is 11.3 Å². The molecule has 2 heterocycles. The highest BCUT2D eigenvalue weighted by atomic mass is 31.3. The van der Waals surface area contributed by atoms with Crippen molar-refractivity contribution in [2.75, 3.05) is 12.3 Å². The SMILES string of the molecule is C=C1[C@H](COP(=O)(O)OP(=O)(O)OP(=O)(O)O)[C@@H](O)C[C@@H]1n1ccc2c(=O)[nH]c(N)nc21. The maximum absolute atomic E-state index is 12.0. The predicted octanol–water partition coefficient (Wildman–Crippen LogP) is 0.128. The van der Waals surface area contributed by atoms with E-state index in [1.165, 1.54) is 16.8 Å². The number of aliphatic hydroxyl groups is 1. The molecule has 0 aromatic carbocycles. The van der Waals surface area contributed by atoms with Gasteiger partial charge in [0, 0.05) is 12.1 Å². The van der Waals surface area contributed by atoms with Crippen molar-refractivity contribution in [2.24, 2.45) is 5.92 Å². The Morgan fingerprint density at radius 1 is 1.22 bits per heavy atom. The summed E-state index contributed by atoms with van der Waals surface area (Å²) in [5.74, 6) is -1.09. The second-order valence-corrected chi connectivity index (χ2v) is 11.2. The van der Waals surface area contributed by atoms with Crippen molar-refractivity contribution >= 4 is 40.4 Å². The molecule has 16 nitrogen and oxygen atoms in total. The maximum Gasteiger partial charge on any atom is 0.490 e. The average Bonchev–Trinajstić information content (AvgIpc) is 3.11. The number of phosphoric ester groups is 1. The molecular weight excluding hydrogens is 497 g/mol. The normalized spacial score (nSPS) is 25.7. The van der Waals surface area contributed by atoms with E-state index in [1.54, 1.807) is 0 Å². The van der Waals surface area contributed by atoms with Gasteiger partial charge in [-0.1, -0.05) is 6.58 Å². The smallest absolute Gasteiger partial charge is 0.392 e. The number of fused-ring (bicyclic) bond motifs is 1. The third kappa shape index (κ3) is 5.63. The van der Waals surface area contributed by atoms with Crippen LogP contribution in [0.2, 0.25) is 0 Å². The van der Waals surface area contributed by atoms with Gasteiger partial charge in [-0.15, -0.1) is 0 Å². The molecule has 1 saturated carbocycles. The van der Waals surface area contributed by atoms with E-state index in [4.69, 9.17) is 15.5 Å². The van der Waals surface area contributed by atoms with Crippen LogP contribution in [-0.2, 0) is 26.8 Å². The van der Waals surface area contributed by atoms with Crippen molar-refractivity contribution in [2.45, 2.75) is 18.6 Å². The van der Waals surface area contributed by atoms with Crippen molar-refractivity contribution in [1.29, 1.82) is 0 Å². The van der Waals surface area contributed by atoms with Gasteiger partial charge in [0.25, 0.3) is 5.56 Å². The Kier molecular flexibility index (Phi) is 6.71. The van der Waals surface area contributed by atoms with E-state index in [0.29, 0.717) is 5.57 Å². The van der Waals surface area contributed by atoms with Crippen LogP contribution in [0.1, 0.15) is 12.5 Å². The number of H-pyrrole nitrogens is 1. The number of nitrogens with two attached hydrogens (primary N) is 1. The van der Waals surface area contributed by atoms with Gasteiger partial charge in [-0.05, 0) is 18.1 Å². The molecule has 0 bridgehead atoms. The van der Waals surface area contributed by atoms with Gasteiger partial charge in [0.05, 0.1) is 24.1 Å². The van der Waals surface area contributed by atoms with Crippen molar-refractivity contribution < 1.29 is 51.5 Å². The van der Waals surface area contributed by atoms with Crippen LogP contribution in [0.5, 0.6) is 0 Å². The van der Waals surface area contributed by atoms with Gasteiger partial charge in [-0.3, -0.25) is 14.3 Å². The fourth-order valence-corrected chi connectivity index (χ4v) is 6.38. The molecule has 0 spiro atoms. The van der Waals surface area contributed by atoms with Gasteiger partial charge in [0.2, 0.25) is 5.95 Å². The number of anilines is 1. The number of nitrogens with zero attached hydrogens (tertiary/aromatic N) is 2. The number of aromatic amines is 1. The molecule has 3 rings (SSSR count). The lowest BCUT2D eigenvalue weighted by Gasteiger charge is -2.20. The zero-order chi connectivity index (χ0) is 24.1. The average molecular weight is 516 g/mol. The maximum atomic E-state index is 12.0. The molecule has 1 aliphatic carbocycles. The first-order valence-electron chi connectivity index (χ1n) is 8.60. The first-order valence-corrected chi connectivity index (χ1v) is 13.1. The summed E-state index contributed by atoms with van der Waals surface area (Å²) in [4.78, 5) is 54.3. The summed E-state index contributed by atoms with van der Waals surface area (Å²) in [5.41, 5.74) is 5.64. The summed E-state index contributed by atoms with van der Waals surface area (Å²) in [5, 5.41) is 10.6. The highest BCUT2D eigenvalue weighted by molar-refractivity contribution is 7.66. The topological polar surface area (TPSA) is 257 Å². The Morgan fingerprint density at radius 3 is 2.50 bits per heavy atom. The number of nitrogens with one attached hydrogen (secondary N) is 1. The fourth-order valence-electron chi connectivity index (χ4n) is 3.34. The molecule has 2 unspecified atom stereocenters. The van der Waals surface area contributed by atoms with E-state index in [0.717, 1.165) is 0 Å². The zero-order valence-electron chi connectivity index (χ0n) is 15.9. The predicted molar refractivity (Wildman–Crippen MR) is 107 cm³/mol. The molecule has 0 aliphatic heterocycles. The molecule has 178 valence electrons.